The number of halogens is 3. The van der Waals surface area contributed by atoms with Crippen LogP contribution in [0.5, 0.6) is 5.75 Å². The molecular formula is C22H23BrCl2N3O3+. The van der Waals surface area contributed by atoms with E-state index in [4.69, 9.17) is 37.4 Å². The van der Waals surface area contributed by atoms with E-state index in [-0.39, 0.29) is 10.6 Å². The van der Waals surface area contributed by atoms with Crippen molar-refractivity contribution >= 4 is 44.8 Å². The minimum absolute atomic E-state index is 0.272. The second kappa shape index (κ2) is 9.63. The summed E-state index contributed by atoms with van der Waals surface area (Å²) >= 11 is 15.9. The van der Waals surface area contributed by atoms with Gasteiger partial charge in [-0.2, -0.15) is 4.48 Å². The van der Waals surface area contributed by atoms with Crippen LogP contribution in [-0.4, -0.2) is 50.8 Å². The summed E-state index contributed by atoms with van der Waals surface area (Å²) in [6.07, 6.45) is 2.20. The minimum Gasteiger partial charge on any atom is -0.491 e. The summed E-state index contributed by atoms with van der Waals surface area (Å²) in [5.41, 5.74) is 1.66. The first-order valence-electron chi connectivity index (χ1n) is 10.1. The van der Waals surface area contributed by atoms with Crippen molar-refractivity contribution in [3.63, 3.8) is 0 Å². The largest absolute Gasteiger partial charge is 0.491 e. The molecule has 2 saturated heterocycles. The second-order valence-corrected chi connectivity index (χ2v) is 9.04. The molecule has 164 valence electrons. The Bertz CT molecular complexity index is 981. The molecule has 2 aliphatic heterocycles. The van der Waals surface area contributed by atoms with Crippen LogP contribution in [0.1, 0.15) is 5.56 Å². The Labute approximate surface area is 200 Å². The van der Waals surface area contributed by atoms with Gasteiger partial charge in [0, 0.05) is 35.8 Å². The number of nitrogens with one attached hydrogen (secondary N) is 1. The first-order chi connectivity index (χ1) is 15.0. The van der Waals surface area contributed by atoms with Crippen molar-refractivity contribution in [3.05, 3.63) is 58.1 Å². The van der Waals surface area contributed by atoms with Gasteiger partial charge in [0.05, 0.1) is 17.0 Å². The summed E-state index contributed by atoms with van der Waals surface area (Å²) < 4.78 is 18.6. The molecule has 2 heterocycles. The monoisotopic (exact) mass is 526 g/mol. The number of benzene rings is 2. The van der Waals surface area contributed by atoms with Crippen molar-refractivity contribution in [3.8, 4) is 11.9 Å². The Morgan fingerprint density at radius 2 is 2.03 bits per heavy atom. The highest BCUT2D eigenvalue weighted by atomic mass is 79.9. The van der Waals surface area contributed by atoms with E-state index in [0.717, 1.165) is 37.4 Å². The van der Waals surface area contributed by atoms with Gasteiger partial charge in [0.25, 0.3) is 0 Å². The zero-order chi connectivity index (χ0) is 21.9. The number of piperazine rings is 1. The molecule has 2 aliphatic rings. The minimum atomic E-state index is -0.992. The van der Waals surface area contributed by atoms with Crippen LogP contribution in [0.15, 0.2) is 42.5 Å². The molecule has 0 bridgehead atoms. The molecule has 31 heavy (non-hydrogen) atoms. The fourth-order valence-corrected chi connectivity index (χ4v) is 5.10. The van der Waals surface area contributed by atoms with E-state index in [2.05, 4.69) is 27.4 Å². The topological polar surface area (TPSA) is 63.5 Å². The SMILES string of the molecule is N#C[N+]1(c2cccc(OC[C@@H]3CO[C@](CBr)(c4ccc(Cl)cc4Cl)O3)c2)CCNCC1. The van der Waals surface area contributed by atoms with Gasteiger partial charge < -0.3 is 19.5 Å². The van der Waals surface area contributed by atoms with Gasteiger partial charge in [-0.05, 0) is 18.2 Å². The highest BCUT2D eigenvalue weighted by Gasteiger charge is 2.44. The van der Waals surface area contributed by atoms with Crippen molar-refractivity contribution in [2.45, 2.75) is 11.9 Å². The van der Waals surface area contributed by atoms with Crippen LogP contribution in [0.25, 0.3) is 0 Å². The van der Waals surface area contributed by atoms with Crippen LogP contribution >= 0.6 is 39.1 Å². The first-order valence-corrected chi connectivity index (χ1v) is 11.9. The maximum atomic E-state index is 9.81. The molecular weight excluding hydrogens is 505 g/mol. The van der Waals surface area contributed by atoms with Gasteiger partial charge in [0.2, 0.25) is 5.79 Å². The van der Waals surface area contributed by atoms with Gasteiger partial charge in [-0.1, -0.05) is 51.3 Å². The van der Waals surface area contributed by atoms with E-state index in [1.807, 2.05) is 30.3 Å². The van der Waals surface area contributed by atoms with Crippen molar-refractivity contribution in [2.75, 3.05) is 44.7 Å². The summed E-state index contributed by atoms with van der Waals surface area (Å²) in [4.78, 5) is 0. The van der Waals surface area contributed by atoms with E-state index in [0.29, 0.717) is 34.3 Å². The average Bonchev–Trinajstić information content (AvgIpc) is 3.23. The molecule has 0 spiro atoms. The maximum Gasteiger partial charge on any atom is 0.314 e. The number of hydrogen-bond acceptors (Lipinski definition) is 5. The molecule has 2 aromatic rings. The number of hydrogen-bond donors (Lipinski definition) is 1. The average molecular weight is 528 g/mol. The molecule has 9 heteroatoms. The van der Waals surface area contributed by atoms with Gasteiger partial charge in [-0.25, -0.2) is 0 Å². The summed E-state index contributed by atoms with van der Waals surface area (Å²) in [7, 11) is 0. The van der Waals surface area contributed by atoms with Crippen LogP contribution in [0.3, 0.4) is 0 Å². The lowest BCUT2D eigenvalue weighted by Crippen LogP contribution is -2.56. The van der Waals surface area contributed by atoms with E-state index in [1.54, 1.807) is 12.1 Å². The van der Waals surface area contributed by atoms with Gasteiger partial charge >= 0.3 is 6.19 Å². The predicted molar refractivity (Wildman–Crippen MR) is 125 cm³/mol. The standard InChI is InChI=1S/C22H23BrCl2N3O3/c23-14-22(20-5-4-16(24)10-21(20)25)30-13-19(31-22)12-29-18-3-1-2-17(11-18)28(15-26)8-6-27-7-9-28/h1-5,10-11,19,27H,6-9,12-14H2/q+1/t19-,22+/m1/s1. The molecule has 0 saturated carbocycles. The smallest absolute Gasteiger partial charge is 0.314 e. The Balaban J connectivity index is 1.44. The van der Waals surface area contributed by atoms with Crippen LogP contribution in [0.4, 0.5) is 5.69 Å². The molecule has 1 N–H and O–H groups in total. The van der Waals surface area contributed by atoms with Crippen molar-refractivity contribution in [2.24, 2.45) is 0 Å². The zero-order valence-corrected chi connectivity index (χ0v) is 19.9. The van der Waals surface area contributed by atoms with Gasteiger partial charge in [-0.3, -0.25) is 0 Å². The zero-order valence-electron chi connectivity index (χ0n) is 16.8. The molecule has 0 radical (unpaired) electrons. The summed E-state index contributed by atoms with van der Waals surface area (Å²) in [5, 5.41) is 14.6. The third-order valence-corrected chi connectivity index (χ3v) is 6.94. The van der Waals surface area contributed by atoms with Gasteiger partial charge in [-0.15, -0.1) is 5.26 Å². The lowest BCUT2D eigenvalue weighted by atomic mass is 10.1. The lowest BCUT2D eigenvalue weighted by molar-refractivity contribution is -0.159. The number of nitriles is 1. The molecule has 4 rings (SSSR count). The third kappa shape index (κ3) is 4.71. The van der Waals surface area contributed by atoms with Crippen LogP contribution in [0, 0.1) is 11.5 Å². The Morgan fingerprint density at radius 1 is 1.23 bits per heavy atom. The molecule has 0 aliphatic carbocycles. The van der Waals surface area contributed by atoms with E-state index in [1.165, 1.54) is 0 Å². The maximum absolute atomic E-state index is 9.81. The molecule has 2 fully saturated rings. The third-order valence-electron chi connectivity index (χ3n) is 5.66. The van der Waals surface area contributed by atoms with Gasteiger partial charge in [0.1, 0.15) is 31.5 Å². The van der Waals surface area contributed by atoms with E-state index >= 15 is 0 Å². The number of nitrogens with zero attached hydrogens (tertiary/aromatic N) is 2. The first kappa shape index (κ1) is 22.8. The van der Waals surface area contributed by atoms with Crippen LogP contribution < -0.4 is 14.5 Å². The Kier molecular flexibility index (Phi) is 7.09. The summed E-state index contributed by atoms with van der Waals surface area (Å²) in [6.45, 7) is 3.78. The molecule has 2 atom stereocenters. The number of alkyl halides is 1. The highest BCUT2D eigenvalue weighted by Crippen LogP contribution is 2.40. The Morgan fingerprint density at radius 3 is 2.74 bits per heavy atom. The molecule has 2 aromatic carbocycles. The molecule has 0 aromatic heterocycles. The normalized spacial score (nSPS) is 25.2. The van der Waals surface area contributed by atoms with Crippen molar-refractivity contribution in [1.82, 2.24) is 9.80 Å². The number of ether oxygens (including phenoxy) is 3. The van der Waals surface area contributed by atoms with Crippen molar-refractivity contribution in [1.29, 1.82) is 5.26 Å². The molecule has 6 nitrogen and oxygen atoms in total. The summed E-state index contributed by atoms with van der Waals surface area (Å²) in [6, 6.07) is 13.0. The van der Waals surface area contributed by atoms with Crippen LogP contribution in [0.2, 0.25) is 10.0 Å². The fraction of sp³-hybridized carbons (Fsp3) is 0.409. The Hall–Kier alpha value is -1.37. The number of quaternary nitrogens is 1. The predicted octanol–water partition coefficient (Wildman–Crippen LogP) is 4.43. The number of rotatable bonds is 6. The quantitative estimate of drug-likeness (QED) is 0.342. The van der Waals surface area contributed by atoms with Crippen LogP contribution in [-0.2, 0) is 15.3 Å². The van der Waals surface area contributed by atoms with Crippen molar-refractivity contribution < 1.29 is 14.2 Å². The van der Waals surface area contributed by atoms with E-state index in [9.17, 15) is 5.26 Å². The van der Waals surface area contributed by atoms with E-state index < -0.39 is 5.79 Å². The molecule has 0 unspecified atom stereocenters. The summed E-state index contributed by atoms with van der Waals surface area (Å²) in [5.74, 6) is -0.290. The van der Waals surface area contributed by atoms with Gasteiger partial charge in [0.15, 0.2) is 5.69 Å². The highest BCUT2D eigenvalue weighted by molar-refractivity contribution is 9.09. The fourth-order valence-electron chi connectivity index (χ4n) is 3.95. The second-order valence-electron chi connectivity index (χ2n) is 7.64. The molecule has 0 amide bonds. The lowest BCUT2D eigenvalue weighted by Gasteiger charge is -2.33.